The van der Waals surface area contributed by atoms with E-state index in [4.69, 9.17) is 5.11 Å². The van der Waals surface area contributed by atoms with Crippen molar-refractivity contribution in [2.24, 2.45) is 0 Å². The normalized spacial score (nSPS) is 8.27. The van der Waals surface area contributed by atoms with Crippen molar-refractivity contribution in [3.05, 3.63) is 66.7 Å². The SMILES string of the molecule is C=CC[c-]1cccc1.O[c-]1cccc1.[Ti+2]. The maximum Gasteiger partial charge on any atom is 2.00 e. The second kappa shape index (κ2) is 8.28. The third kappa shape index (κ3) is 6.11. The minimum atomic E-state index is 0. The van der Waals surface area contributed by atoms with Crippen molar-refractivity contribution in [3.63, 3.8) is 0 Å². The van der Waals surface area contributed by atoms with Gasteiger partial charge in [0.25, 0.3) is 0 Å². The van der Waals surface area contributed by atoms with E-state index in [-0.39, 0.29) is 21.7 Å². The molecular formula is C13H14OTi. The molecule has 0 bridgehead atoms. The van der Waals surface area contributed by atoms with Gasteiger partial charge in [-0.15, -0.1) is 18.7 Å². The Hall–Kier alpha value is -1.05. The summed E-state index contributed by atoms with van der Waals surface area (Å²) in [5.41, 5.74) is 1.35. The van der Waals surface area contributed by atoms with E-state index < -0.39 is 0 Å². The van der Waals surface area contributed by atoms with Gasteiger partial charge in [0.1, 0.15) is 0 Å². The van der Waals surface area contributed by atoms with Crippen molar-refractivity contribution >= 4 is 0 Å². The second-order valence-electron chi connectivity index (χ2n) is 2.93. The first-order valence-corrected chi connectivity index (χ1v) is 4.55. The second-order valence-corrected chi connectivity index (χ2v) is 2.93. The quantitative estimate of drug-likeness (QED) is 0.480. The van der Waals surface area contributed by atoms with Gasteiger partial charge in [-0.3, -0.25) is 0 Å². The van der Waals surface area contributed by atoms with E-state index in [1.165, 1.54) is 5.56 Å². The molecule has 2 aromatic carbocycles. The van der Waals surface area contributed by atoms with Gasteiger partial charge >= 0.3 is 21.7 Å². The van der Waals surface area contributed by atoms with E-state index in [0.29, 0.717) is 5.75 Å². The van der Waals surface area contributed by atoms with E-state index in [9.17, 15) is 0 Å². The molecule has 15 heavy (non-hydrogen) atoms. The van der Waals surface area contributed by atoms with Crippen LogP contribution >= 0.6 is 0 Å². The average molecular weight is 234 g/mol. The molecule has 0 aliphatic heterocycles. The number of allylic oxidation sites excluding steroid dienone is 1. The van der Waals surface area contributed by atoms with Crippen molar-refractivity contribution in [3.8, 4) is 5.75 Å². The van der Waals surface area contributed by atoms with Gasteiger partial charge in [-0.2, -0.15) is 17.7 Å². The Labute approximate surface area is 106 Å². The van der Waals surface area contributed by atoms with Crippen LogP contribution in [0.5, 0.6) is 5.75 Å². The van der Waals surface area contributed by atoms with Crippen LogP contribution in [0.1, 0.15) is 5.56 Å². The van der Waals surface area contributed by atoms with Gasteiger partial charge in [-0.05, 0) is 0 Å². The number of aromatic hydroxyl groups is 1. The van der Waals surface area contributed by atoms with Gasteiger partial charge in [0.2, 0.25) is 0 Å². The fourth-order valence-corrected chi connectivity index (χ4v) is 1.08. The van der Waals surface area contributed by atoms with Crippen LogP contribution in [0.4, 0.5) is 0 Å². The minimum absolute atomic E-state index is 0. The molecule has 76 valence electrons. The number of hydrogen-bond acceptors (Lipinski definition) is 1. The monoisotopic (exact) mass is 234 g/mol. The summed E-state index contributed by atoms with van der Waals surface area (Å²) in [7, 11) is 0. The van der Waals surface area contributed by atoms with Crippen molar-refractivity contribution in [2.75, 3.05) is 0 Å². The zero-order valence-electron chi connectivity index (χ0n) is 8.56. The molecule has 1 nitrogen and oxygen atoms in total. The summed E-state index contributed by atoms with van der Waals surface area (Å²) < 4.78 is 0. The summed E-state index contributed by atoms with van der Waals surface area (Å²) >= 11 is 0. The fraction of sp³-hybridized carbons (Fsp3) is 0.0769. The molecule has 2 heteroatoms. The average Bonchev–Trinajstić information content (AvgIpc) is 2.79. The Balaban J connectivity index is 0.000000253. The maximum absolute atomic E-state index is 8.47. The molecular weight excluding hydrogens is 220 g/mol. The zero-order valence-corrected chi connectivity index (χ0v) is 10.1. The Morgan fingerprint density at radius 1 is 1.00 bits per heavy atom. The molecule has 1 N–H and O–H groups in total. The van der Waals surface area contributed by atoms with E-state index in [2.05, 4.69) is 18.7 Å². The first-order valence-electron chi connectivity index (χ1n) is 4.55. The molecule has 0 amide bonds. The first kappa shape index (κ1) is 14.0. The Bertz CT molecular complexity index is 333. The molecule has 0 atom stereocenters. The van der Waals surface area contributed by atoms with Gasteiger partial charge in [-0.1, -0.05) is 12.5 Å². The smallest absolute Gasteiger partial charge is 0.566 e. The summed E-state index contributed by atoms with van der Waals surface area (Å²) in [5.74, 6) is 0.343. The van der Waals surface area contributed by atoms with Gasteiger partial charge in [-0.25, -0.2) is 24.3 Å². The standard InChI is InChI=1S/C8H9.C5H5O.Ti/c1-2-5-8-6-3-4-7-8;6-5-3-1-2-4-5;/h2-4,6-7H,1,5H2;1-4,6H;/q2*-1;+2. The zero-order chi connectivity index (χ0) is 10.2. The molecule has 0 aliphatic carbocycles. The van der Waals surface area contributed by atoms with Crippen molar-refractivity contribution in [1.82, 2.24) is 0 Å². The van der Waals surface area contributed by atoms with Crippen LogP contribution in [0.3, 0.4) is 0 Å². The third-order valence-electron chi connectivity index (χ3n) is 1.76. The van der Waals surface area contributed by atoms with E-state index in [0.717, 1.165) is 6.42 Å². The first-order chi connectivity index (χ1) is 6.83. The molecule has 0 unspecified atom stereocenters. The summed E-state index contributed by atoms with van der Waals surface area (Å²) in [6.07, 6.45) is 2.91. The number of rotatable bonds is 2. The molecule has 2 rings (SSSR count). The molecule has 0 spiro atoms. The van der Waals surface area contributed by atoms with Gasteiger partial charge in [0.15, 0.2) is 0 Å². The topological polar surface area (TPSA) is 20.2 Å². The Kier molecular flexibility index (Phi) is 7.70. The van der Waals surface area contributed by atoms with Crippen molar-refractivity contribution in [1.29, 1.82) is 0 Å². The summed E-state index contributed by atoms with van der Waals surface area (Å²) in [4.78, 5) is 0. The van der Waals surface area contributed by atoms with Crippen LogP contribution < -0.4 is 0 Å². The minimum Gasteiger partial charge on any atom is -0.566 e. The van der Waals surface area contributed by atoms with Gasteiger partial charge in [0.05, 0.1) is 0 Å². The Morgan fingerprint density at radius 3 is 1.80 bits per heavy atom. The van der Waals surface area contributed by atoms with Crippen LogP contribution in [0, 0.1) is 0 Å². The van der Waals surface area contributed by atoms with Gasteiger partial charge < -0.3 is 5.11 Å². The number of hydrogen-bond donors (Lipinski definition) is 1. The molecule has 0 fully saturated rings. The van der Waals surface area contributed by atoms with E-state index >= 15 is 0 Å². The van der Waals surface area contributed by atoms with Crippen molar-refractivity contribution < 1.29 is 26.8 Å². The predicted molar refractivity (Wildman–Crippen MR) is 59.6 cm³/mol. The third-order valence-corrected chi connectivity index (χ3v) is 1.76. The van der Waals surface area contributed by atoms with Crippen LogP contribution in [0.2, 0.25) is 0 Å². The Morgan fingerprint density at radius 2 is 1.47 bits per heavy atom. The molecule has 0 aliphatic rings. The molecule has 0 aromatic heterocycles. The van der Waals surface area contributed by atoms with E-state index in [1.807, 2.05) is 18.2 Å². The van der Waals surface area contributed by atoms with Crippen molar-refractivity contribution in [2.45, 2.75) is 6.42 Å². The van der Waals surface area contributed by atoms with Crippen LogP contribution in [0.15, 0.2) is 61.2 Å². The van der Waals surface area contributed by atoms with Gasteiger partial charge in [0, 0.05) is 5.75 Å². The summed E-state index contributed by atoms with van der Waals surface area (Å²) in [5, 5.41) is 8.47. The van der Waals surface area contributed by atoms with Crippen LogP contribution in [0.25, 0.3) is 0 Å². The summed E-state index contributed by atoms with van der Waals surface area (Å²) in [6.45, 7) is 3.64. The molecule has 0 heterocycles. The molecule has 0 saturated carbocycles. The van der Waals surface area contributed by atoms with E-state index in [1.54, 1.807) is 24.3 Å². The molecule has 0 saturated heterocycles. The fourth-order valence-electron chi connectivity index (χ4n) is 1.08. The summed E-state index contributed by atoms with van der Waals surface area (Å²) in [6, 6.07) is 15.1. The predicted octanol–water partition coefficient (Wildman–Crippen LogP) is 3.24. The largest absolute Gasteiger partial charge is 2.00 e. The maximum atomic E-state index is 8.47. The van der Waals surface area contributed by atoms with Crippen LogP contribution in [-0.4, -0.2) is 5.11 Å². The molecule has 0 radical (unpaired) electrons. The van der Waals surface area contributed by atoms with Crippen LogP contribution in [-0.2, 0) is 28.1 Å². The molecule has 2 aromatic rings.